The lowest BCUT2D eigenvalue weighted by molar-refractivity contribution is 0.154. The molecule has 2 atom stereocenters. The van der Waals surface area contributed by atoms with Crippen molar-refractivity contribution < 1.29 is 0 Å². The van der Waals surface area contributed by atoms with Crippen LogP contribution in [0.25, 0.3) is 0 Å². The fourth-order valence-electron chi connectivity index (χ4n) is 2.30. The second-order valence-corrected chi connectivity index (χ2v) is 5.41. The zero-order valence-corrected chi connectivity index (χ0v) is 11.4. The Hall–Kier alpha value is -0.0900. The summed E-state index contributed by atoms with van der Waals surface area (Å²) in [5.41, 5.74) is 7.43. The van der Waals surface area contributed by atoms with Gasteiger partial charge in [0.15, 0.2) is 0 Å². The second kappa shape index (κ2) is 6.60. The van der Waals surface area contributed by atoms with Gasteiger partial charge in [-0.2, -0.15) is 11.3 Å². The molecule has 0 bridgehead atoms. The van der Waals surface area contributed by atoms with Gasteiger partial charge in [0.05, 0.1) is 0 Å². The summed E-state index contributed by atoms with van der Waals surface area (Å²) in [6, 6.07) is 2.57. The standard InChI is InChI=1S/C12H20N2S.ClH/c1-10(13)12-3-2-5-14(8-12)7-11-4-6-15-9-11;/h4,6,9-10,12H,2-3,5,7-8,13H2,1H3;1H. The first-order chi connectivity index (χ1) is 7.25. The van der Waals surface area contributed by atoms with Crippen molar-refractivity contribution >= 4 is 23.7 Å². The maximum Gasteiger partial charge on any atom is 0.0242 e. The van der Waals surface area contributed by atoms with E-state index in [0.717, 1.165) is 6.54 Å². The number of hydrogen-bond donors (Lipinski definition) is 1. The molecule has 1 aromatic rings. The van der Waals surface area contributed by atoms with E-state index in [1.165, 1.54) is 31.5 Å². The van der Waals surface area contributed by atoms with Crippen LogP contribution < -0.4 is 5.73 Å². The summed E-state index contributed by atoms with van der Waals surface area (Å²) in [5, 5.41) is 4.40. The molecule has 2 unspecified atom stereocenters. The minimum absolute atomic E-state index is 0. The first-order valence-electron chi connectivity index (χ1n) is 5.74. The molecule has 0 radical (unpaired) electrons. The molecule has 1 aromatic heterocycles. The van der Waals surface area contributed by atoms with Gasteiger partial charge in [-0.25, -0.2) is 0 Å². The second-order valence-electron chi connectivity index (χ2n) is 4.63. The summed E-state index contributed by atoms with van der Waals surface area (Å²) in [4.78, 5) is 2.54. The molecular formula is C12H21ClN2S. The topological polar surface area (TPSA) is 29.3 Å². The van der Waals surface area contributed by atoms with Gasteiger partial charge < -0.3 is 5.73 Å². The molecule has 1 aliphatic rings. The van der Waals surface area contributed by atoms with Crippen molar-refractivity contribution in [1.29, 1.82) is 0 Å². The van der Waals surface area contributed by atoms with E-state index in [1.54, 1.807) is 11.3 Å². The molecular weight excluding hydrogens is 240 g/mol. The lowest BCUT2D eigenvalue weighted by Crippen LogP contribution is -2.41. The molecule has 0 aliphatic carbocycles. The number of thiophene rings is 1. The lowest BCUT2D eigenvalue weighted by atomic mass is 9.92. The number of nitrogens with two attached hydrogens (primary N) is 1. The normalized spacial score (nSPS) is 23.8. The Labute approximate surface area is 108 Å². The van der Waals surface area contributed by atoms with Crippen molar-refractivity contribution in [2.45, 2.75) is 32.4 Å². The lowest BCUT2D eigenvalue weighted by Gasteiger charge is -2.34. The summed E-state index contributed by atoms with van der Waals surface area (Å²) in [7, 11) is 0. The van der Waals surface area contributed by atoms with E-state index in [4.69, 9.17) is 5.73 Å². The number of hydrogen-bond acceptors (Lipinski definition) is 3. The van der Waals surface area contributed by atoms with Crippen LogP contribution in [0.15, 0.2) is 16.8 Å². The number of halogens is 1. The third-order valence-electron chi connectivity index (χ3n) is 3.27. The van der Waals surface area contributed by atoms with E-state index in [1.807, 2.05) is 0 Å². The van der Waals surface area contributed by atoms with Crippen molar-refractivity contribution in [1.82, 2.24) is 4.90 Å². The van der Waals surface area contributed by atoms with Crippen LogP contribution >= 0.6 is 23.7 Å². The molecule has 2 N–H and O–H groups in total. The highest BCUT2D eigenvalue weighted by Gasteiger charge is 2.22. The molecule has 2 nitrogen and oxygen atoms in total. The minimum atomic E-state index is 0. The Morgan fingerprint density at radius 1 is 1.62 bits per heavy atom. The molecule has 0 aromatic carbocycles. The van der Waals surface area contributed by atoms with Gasteiger partial charge in [-0.15, -0.1) is 12.4 Å². The highest BCUT2D eigenvalue weighted by molar-refractivity contribution is 7.07. The fourth-order valence-corrected chi connectivity index (χ4v) is 2.96. The highest BCUT2D eigenvalue weighted by atomic mass is 35.5. The summed E-state index contributed by atoms with van der Waals surface area (Å²) < 4.78 is 0. The summed E-state index contributed by atoms with van der Waals surface area (Å²) in [5.74, 6) is 0.692. The average Bonchev–Trinajstić information content (AvgIpc) is 2.71. The molecule has 0 amide bonds. The van der Waals surface area contributed by atoms with E-state index in [0.29, 0.717) is 12.0 Å². The van der Waals surface area contributed by atoms with E-state index in [9.17, 15) is 0 Å². The van der Waals surface area contributed by atoms with Crippen molar-refractivity contribution in [3.63, 3.8) is 0 Å². The number of nitrogens with zero attached hydrogens (tertiary/aromatic N) is 1. The zero-order valence-electron chi connectivity index (χ0n) is 9.76. The summed E-state index contributed by atoms with van der Waals surface area (Å²) in [6.45, 7) is 5.65. The van der Waals surface area contributed by atoms with Gasteiger partial charge in [0, 0.05) is 19.1 Å². The van der Waals surface area contributed by atoms with E-state index >= 15 is 0 Å². The van der Waals surface area contributed by atoms with Gasteiger partial charge in [0.2, 0.25) is 0 Å². The van der Waals surface area contributed by atoms with Crippen molar-refractivity contribution in [3.05, 3.63) is 22.4 Å². The Balaban J connectivity index is 0.00000128. The number of rotatable bonds is 3. The monoisotopic (exact) mass is 260 g/mol. The molecule has 16 heavy (non-hydrogen) atoms. The van der Waals surface area contributed by atoms with E-state index in [2.05, 4.69) is 28.7 Å². The van der Waals surface area contributed by atoms with Crippen LogP contribution in [0.2, 0.25) is 0 Å². The maximum atomic E-state index is 5.98. The highest BCUT2D eigenvalue weighted by Crippen LogP contribution is 2.21. The van der Waals surface area contributed by atoms with Gasteiger partial charge in [0.25, 0.3) is 0 Å². The molecule has 1 aliphatic heterocycles. The van der Waals surface area contributed by atoms with Crippen molar-refractivity contribution in [2.24, 2.45) is 11.7 Å². The third-order valence-corrected chi connectivity index (χ3v) is 4.00. The predicted molar refractivity (Wildman–Crippen MR) is 73.2 cm³/mol. The molecule has 0 saturated carbocycles. The quantitative estimate of drug-likeness (QED) is 0.906. The molecule has 2 heterocycles. The van der Waals surface area contributed by atoms with Crippen LogP contribution in [0.3, 0.4) is 0 Å². The van der Waals surface area contributed by atoms with Crippen LogP contribution in [0.1, 0.15) is 25.3 Å². The first-order valence-corrected chi connectivity index (χ1v) is 6.69. The first kappa shape index (κ1) is 14.0. The Morgan fingerprint density at radius 2 is 2.44 bits per heavy atom. The van der Waals surface area contributed by atoms with Crippen molar-refractivity contribution in [3.8, 4) is 0 Å². The van der Waals surface area contributed by atoms with Gasteiger partial charge in [0.1, 0.15) is 0 Å². The molecule has 0 spiro atoms. The van der Waals surface area contributed by atoms with E-state index < -0.39 is 0 Å². The fraction of sp³-hybridized carbons (Fsp3) is 0.667. The van der Waals surface area contributed by atoms with Crippen LogP contribution in [-0.4, -0.2) is 24.0 Å². The minimum Gasteiger partial charge on any atom is -0.328 e. The van der Waals surface area contributed by atoms with Gasteiger partial charge in [-0.05, 0) is 54.6 Å². The largest absolute Gasteiger partial charge is 0.328 e. The average molecular weight is 261 g/mol. The third kappa shape index (κ3) is 3.74. The Bertz CT molecular complexity index is 287. The summed E-state index contributed by atoms with van der Waals surface area (Å²) in [6.07, 6.45) is 2.61. The van der Waals surface area contributed by atoms with Crippen LogP contribution in [-0.2, 0) is 6.54 Å². The molecule has 1 fully saturated rings. The molecule has 92 valence electrons. The maximum absolute atomic E-state index is 5.98. The molecule has 4 heteroatoms. The number of likely N-dealkylation sites (tertiary alicyclic amines) is 1. The van der Waals surface area contributed by atoms with Gasteiger partial charge >= 0.3 is 0 Å². The Kier molecular flexibility index (Phi) is 5.76. The van der Waals surface area contributed by atoms with Gasteiger partial charge in [-0.3, -0.25) is 4.90 Å². The smallest absolute Gasteiger partial charge is 0.0242 e. The predicted octanol–water partition coefficient (Wildman–Crippen LogP) is 2.73. The molecule has 1 saturated heterocycles. The Morgan fingerprint density at radius 3 is 3.06 bits per heavy atom. The van der Waals surface area contributed by atoms with E-state index in [-0.39, 0.29) is 12.4 Å². The van der Waals surface area contributed by atoms with Gasteiger partial charge in [-0.1, -0.05) is 0 Å². The number of piperidine rings is 1. The van der Waals surface area contributed by atoms with Crippen LogP contribution in [0, 0.1) is 5.92 Å². The molecule has 2 rings (SSSR count). The van der Waals surface area contributed by atoms with Crippen LogP contribution in [0.4, 0.5) is 0 Å². The summed E-state index contributed by atoms with van der Waals surface area (Å²) >= 11 is 1.78. The zero-order chi connectivity index (χ0) is 10.7. The van der Waals surface area contributed by atoms with Crippen LogP contribution in [0.5, 0.6) is 0 Å². The van der Waals surface area contributed by atoms with Crippen molar-refractivity contribution in [2.75, 3.05) is 13.1 Å². The SMILES string of the molecule is CC(N)C1CCCN(Cc2ccsc2)C1.Cl.